The van der Waals surface area contributed by atoms with Crippen molar-refractivity contribution in [3.05, 3.63) is 29.3 Å². The molecule has 2 rings (SSSR count). The normalized spacial score (nSPS) is 19.9. The molecule has 0 bridgehead atoms. The van der Waals surface area contributed by atoms with Crippen LogP contribution in [-0.4, -0.2) is 37.0 Å². The van der Waals surface area contributed by atoms with Gasteiger partial charge in [-0.2, -0.15) is 0 Å². The number of carbonyl (C=O) groups is 1. The molecule has 1 amide bonds. The van der Waals surface area contributed by atoms with Gasteiger partial charge in [-0.25, -0.2) is 0 Å². The summed E-state index contributed by atoms with van der Waals surface area (Å²) in [5, 5.41) is 3.48. The standard InChI is InChI=1S/C17H26N2O2/c1-5-9-18-13(3)14-7-6-12(2)11-16(14)21-15-8-10-19(4)17(15)20/h6-7,11,13,15,18H,5,8-10H2,1-4H3. The van der Waals surface area contributed by atoms with Gasteiger partial charge in [0.05, 0.1) is 0 Å². The average molecular weight is 290 g/mol. The molecule has 1 fully saturated rings. The lowest BCUT2D eigenvalue weighted by Crippen LogP contribution is -2.30. The minimum Gasteiger partial charge on any atom is -0.480 e. The number of amides is 1. The molecule has 2 atom stereocenters. The highest BCUT2D eigenvalue weighted by atomic mass is 16.5. The molecule has 0 radical (unpaired) electrons. The quantitative estimate of drug-likeness (QED) is 0.876. The van der Waals surface area contributed by atoms with E-state index in [0.717, 1.165) is 42.8 Å². The Labute approximate surface area is 127 Å². The first-order valence-electron chi connectivity index (χ1n) is 7.78. The molecule has 0 spiro atoms. The van der Waals surface area contributed by atoms with E-state index in [0.29, 0.717) is 0 Å². The van der Waals surface area contributed by atoms with Gasteiger partial charge in [0.15, 0.2) is 6.10 Å². The van der Waals surface area contributed by atoms with Crippen molar-refractivity contribution in [1.82, 2.24) is 10.2 Å². The van der Waals surface area contributed by atoms with Crippen LogP contribution in [0.4, 0.5) is 0 Å². The fraction of sp³-hybridized carbons (Fsp3) is 0.588. The lowest BCUT2D eigenvalue weighted by Gasteiger charge is -2.21. The Morgan fingerprint density at radius 2 is 2.24 bits per heavy atom. The molecule has 1 aromatic rings. The number of nitrogens with one attached hydrogen (secondary N) is 1. The zero-order chi connectivity index (χ0) is 15.4. The molecule has 1 heterocycles. The third-order valence-corrected chi connectivity index (χ3v) is 3.98. The van der Waals surface area contributed by atoms with Gasteiger partial charge in [0.25, 0.3) is 5.91 Å². The summed E-state index contributed by atoms with van der Waals surface area (Å²) < 4.78 is 6.04. The summed E-state index contributed by atoms with van der Waals surface area (Å²) in [6, 6.07) is 6.44. The SMILES string of the molecule is CCCNC(C)c1ccc(C)cc1OC1CCN(C)C1=O. The van der Waals surface area contributed by atoms with Gasteiger partial charge in [0, 0.05) is 31.6 Å². The van der Waals surface area contributed by atoms with E-state index >= 15 is 0 Å². The van der Waals surface area contributed by atoms with Gasteiger partial charge in [-0.15, -0.1) is 0 Å². The second-order valence-corrected chi connectivity index (χ2v) is 5.87. The van der Waals surface area contributed by atoms with Crippen LogP contribution in [0.15, 0.2) is 18.2 Å². The molecule has 1 aromatic carbocycles. The molecule has 0 aliphatic carbocycles. The largest absolute Gasteiger partial charge is 0.480 e. The van der Waals surface area contributed by atoms with Crippen LogP contribution in [0.5, 0.6) is 5.75 Å². The van der Waals surface area contributed by atoms with Crippen molar-refractivity contribution in [3.8, 4) is 5.75 Å². The predicted molar refractivity (Wildman–Crippen MR) is 84.6 cm³/mol. The molecule has 1 N–H and O–H groups in total. The van der Waals surface area contributed by atoms with E-state index in [1.807, 2.05) is 20.0 Å². The predicted octanol–water partition coefficient (Wildman–Crippen LogP) is 2.67. The first kappa shape index (κ1) is 15.8. The lowest BCUT2D eigenvalue weighted by atomic mass is 10.0. The summed E-state index contributed by atoms with van der Waals surface area (Å²) in [4.78, 5) is 13.8. The van der Waals surface area contributed by atoms with Gasteiger partial charge in [-0.05, 0) is 38.4 Å². The number of rotatable bonds is 6. The van der Waals surface area contributed by atoms with Crippen molar-refractivity contribution in [1.29, 1.82) is 0 Å². The van der Waals surface area contributed by atoms with Crippen molar-refractivity contribution in [2.24, 2.45) is 0 Å². The average Bonchev–Trinajstić information content (AvgIpc) is 2.77. The Hall–Kier alpha value is -1.55. The van der Waals surface area contributed by atoms with Crippen LogP contribution < -0.4 is 10.1 Å². The van der Waals surface area contributed by atoms with Crippen LogP contribution in [-0.2, 0) is 4.79 Å². The van der Waals surface area contributed by atoms with Crippen molar-refractivity contribution in [3.63, 3.8) is 0 Å². The van der Waals surface area contributed by atoms with Gasteiger partial charge >= 0.3 is 0 Å². The number of likely N-dealkylation sites (N-methyl/N-ethyl adjacent to an activating group) is 1. The summed E-state index contributed by atoms with van der Waals surface area (Å²) in [7, 11) is 1.83. The van der Waals surface area contributed by atoms with Gasteiger partial charge in [0.1, 0.15) is 5.75 Å². The van der Waals surface area contributed by atoms with Crippen molar-refractivity contribution < 1.29 is 9.53 Å². The highest BCUT2D eigenvalue weighted by Gasteiger charge is 2.31. The van der Waals surface area contributed by atoms with Crippen LogP contribution in [0.1, 0.15) is 43.9 Å². The van der Waals surface area contributed by atoms with E-state index in [1.54, 1.807) is 4.90 Å². The molecular weight excluding hydrogens is 264 g/mol. The highest BCUT2D eigenvalue weighted by Crippen LogP contribution is 2.29. The van der Waals surface area contributed by atoms with E-state index in [2.05, 4.69) is 31.3 Å². The van der Waals surface area contributed by atoms with E-state index in [4.69, 9.17) is 4.74 Å². The summed E-state index contributed by atoms with van der Waals surface area (Å²) in [6.45, 7) is 8.08. The monoisotopic (exact) mass is 290 g/mol. The molecule has 0 saturated carbocycles. The third kappa shape index (κ3) is 3.76. The van der Waals surface area contributed by atoms with Crippen molar-refractivity contribution in [2.75, 3.05) is 20.1 Å². The summed E-state index contributed by atoms with van der Waals surface area (Å²) in [5.74, 6) is 0.913. The van der Waals surface area contributed by atoms with Crippen LogP contribution in [0.3, 0.4) is 0 Å². The second-order valence-electron chi connectivity index (χ2n) is 5.87. The molecule has 1 saturated heterocycles. The molecule has 21 heavy (non-hydrogen) atoms. The number of hydrogen-bond acceptors (Lipinski definition) is 3. The molecular formula is C17H26N2O2. The Morgan fingerprint density at radius 3 is 2.86 bits per heavy atom. The molecule has 2 unspecified atom stereocenters. The van der Waals surface area contributed by atoms with Crippen LogP contribution >= 0.6 is 0 Å². The smallest absolute Gasteiger partial charge is 0.263 e. The van der Waals surface area contributed by atoms with Gasteiger partial charge in [0.2, 0.25) is 0 Å². The molecule has 0 aromatic heterocycles. The second kappa shape index (κ2) is 6.94. The Kier molecular flexibility index (Phi) is 5.23. The highest BCUT2D eigenvalue weighted by molar-refractivity contribution is 5.83. The first-order valence-corrected chi connectivity index (χ1v) is 7.78. The van der Waals surface area contributed by atoms with E-state index in [9.17, 15) is 4.79 Å². The van der Waals surface area contributed by atoms with Crippen molar-refractivity contribution in [2.45, 2.75) is 45.8 Å². The summed E-state index contributed by atoms with van der Waals surface area (Å²) in [5.41, 5.74) is 2.27. The molecule has 116 valence electrons. The molecule has 1 aliphatic heterocycles. The van der Waals surface area contributed by atoms with Crippen LogP contribution in [0.25, 0.3) is 0 Å². The van der Waals surface area contributed by atoms with Gasteiger partial charge < -0.3 is 15.0 Å². The number of nitrogens with zero attached hydrogens (tertiary/aromatic N) is 1. The first-order chi connectivity index (χ1) is 10.0. The number of carbonyl (C=O) groups excluding carboxylic acids is 1. The maximum atomic E-state index is 12.0. The number of ether oxygens (including phenoxy) is 1. The van der Waals surface area contributed by atoms with Gasteiger partial charge in [-0.1, -0.05) is 19.1 Å². The van der Waals surface area contributed by atoms with Crippen LogP contribution in [0.2, 0.25) is 0 Å². The fourth-order valence-electron chi connectivity index (χ4n) is 2.63. The lowest BCUT2D eigenvalue weighted by molar-refractivity contribution is -0.132. The van der Waals surface area contributed by atoms with E-state index < -0.39 is 0 Å². The summed E-state index contributed by atoms with van der Waals surface area (Å²) >= 11 is 0. The number of likely N-dealkylation sites (tertiary alicyclic amines) is 1. The summed E-state index contributed by atoms with van der Waals surface area (Å²) in [6.07, 6.45) is 1.52. The number of benzene rings is 1. The Morgan fingerprint density at radius 1 is 1.48 bits per heavy atom. The topological polar surface area (TPSA) is 41.6 Å². The minimum atomic E-state index is -0.339. The maximum Gasteiger partial charge on any atom is 0.263 e. The molecule has 4 nitrogen and oxygen atoms in total. The molecule has 1 aliphatic rings. The van der Waals surface area contributed by atoms with Crippen LogP contribution in [0, 0.1) is 6.92 Å². The maximum absolute atomic E-state index is 12.0. The van der Waals surface area contributed by atoms with Gasteiger partial charge in [-0.3, -0.25) is 4.79 Å². The van der Waals surface area contributed by atoms with E-state index in [-0.39, 0.29) is 18.1 Å². The zero-order valence-electron chi connectivity index (χ0n) is 13.5. The zero-order valence-corrected chi connectivity index (χ0v) is 13.5. The van der Waals surface area contributed by atoms with E-state index in [1.165, 1.54) is 0 Å². The third-order valence-electron chi connectivity index (χ3n) is 3.98. The molecule has 4 heteroatoms. The fourth-order valence-corrected chi connectivity index (χ4v) is 2.63. The Balaban J connectivity index is 2.17. The number of hydrogen-bond donors (Lipinski definition) is 1. The number of aryl methyl sites for hydroxylation is 1. The Bertz CT molecular complexity index is 502. The minimum absolute atomic E-state index is 0.0802. The van der Waals surface area contributed by atoms with Crippen molar-refractivity contribution >= 4 is 5.91 Å².